The number of ether oxygens (including phenoxy) is 1. The first-order chi connectivity index (χ1) is 13.6. The van der Waals surface area contributed by atoms with Crippen molar-refractivity contribution in [2.75, 3.05) is 59.5 Å². The van der Waals surface area contributed by atoms with Gasteiger partial charge in [0.15, 0.2) is 5.96 Å². The minimum Gasteiger partial charge on any atom is -0.497 e. The molecular weight excluding hydrogens is 374 g/mol. The predicted octanol–water partition coefficient (Wildman–Crippen LogP) is 2.47. The van der Waals surface area contributed by atoms with Gasteiger partial charge in [-0.2, -0.15) is 0 Å². The zero-order chi connectivity index (χ0) is 20.4. The van der Waals surface area contributed by atoms with Gasteiger partial charge in [0.25, 0.3) is 0 Å². The summed E-state index contributed by atoms with van der Waals surface area (Å²) < 4.78 is 5.21. The fourth-order valence-electron chi connectivity index (χ4n) is 3.37. The molecule has 1 unspecified atom stereocenters. The van der Waals surface area contributed by atoms with E-state index in [1.165, 1.54) is 0 Å². The van der Waals surface area contributed by atoms with Crippen molar-refractivity contribution in [2.24, 2.45) is 4.99 Å². The van der Waals surface area contributed by atoms with Crippen LogP contribution in [0.2, 0.25) is 5.02 Å². The van der Waals surface area contributed by atoms with Crippen LogP contribution in [0.25, 0.3) is 0 Å². The Kier molecular flexibility index (Phi) is 9.88. The van der Waals surface area contributed by atoms with Crippen LogP contribution < -0.4 is 15.4 Å². The number of hydrogen-bond acceptors (Lipinski definition) is 4. The highest BCUT2D eigenvalue weighted by molar-refractivity contribution is 6.31. The highest BCUT2D eigenvalue weighted by Gasteiger charge is 2.19. The molecule has 6 nitrogen and oxygen atoms in total. The SMILES string of the molecule is CCNC(=NCC(C)N1CCN(CC)CC1)NCCc1ccc(OC)cc1Cl. The number of benzene rings is 1. The first-order valence-corrected chi connectivity index (χ1v) is 10.8. The third-order valence-electron chi connectivity index (χ3n) is 5.28. The van der Waals surface area contributed by atoms with Gasteiger partial charge in [0, 0.05) is 50.3 Å². The number of rotatable bonds is 9. The van der Waals surface area contributed by atoms with Crippen LogP contribution in [0.5, 0.6) is 5.75 Å². The molecule has 0 amide bonds. The summed E-state index contributed by atoms with van der Waals surface area (Å²) in [4.78, 5) is 9.84. The summed E-state index contributed by atoms with van der Waals surface area (Å²) in [5.41, 5.74) is 1.10. The quantitative estimate of drug-likeness (QED) is 0.484. The lowest BCUT2D eigenvalue weighted by molar-refractivity contribution is 0.109. The summed E-state index contributed by atoms with van der Waals surface area (Å²) in [6.45, 7) is 14.7. The van der Waals surface area contributed by atoms with E-state index in [0.29, 0.717) is 6.04 Å². The maximum absolute atomic E-state index is 6.33. The summed E-state index contributed by atoms with van der Waals surface area (Å²) in [5, 5.41) is 7.50. The van der Waals surface area contributed by atoms with E-state index in [1.807, 2.05) is 18.2 Å². The summed E-state index contributed by atoms with van der Waals surface area (Å²) in [7, 11) is 1.65. The number of guanidine groups is 1. The Hall–Kier alpha value is -1.50. The molecule has 1 aliphatic heterocycles. The Morgan fingerprint density at radius 2 is 1.96 bits per heavy atom. The van der Waals surface area contributed by atoms with Gasteiger partial charge in [0.05, 0.1) is 13.7 Å². The molecule has 2 N–H and O–H groups in total. The van der Waals surface area contributed by atoms with Crippen molar-refractivity contribution >= 4 is 17.6 Å². The van der Waals surface area contributed by atoms with Crippen molar-refractivity contribution < 1.29 is 4.74 Å². The first kappa shape index (κ1) is 22.8. The van der Waals surface area contributed by atoms with E-state index in [2.05, 4.69) is 41.2 Å². The minimum atomic E-state index is 0.450. The molecule has 28 heavy (non-hydrogen) atoms. The average Bonchev–Trinajstić information content (AvgIpc) is 2.72. The molecule has 0 aromatic heterocycles. The van der Waals surface area contributed by atoms with Crippen LogP contribution in [-0.2, 0) is 6.42 Å². The third kappa shape index (κ3) is 7.15. The smallest absolute Gasteiger partial charge is 0.191 e. The Balaban J connectivity index is 1.81. The van der Waals surface area contributed by atoms with Crippen LogP contribution >= 0.6 is 11.6 Å². The number of methoxy groups -OCH3 is 1. The zero-order valence-corrected chi connectivity index (χ0v) is 18.6. The third-order valence-corrected chi connectivity index (χ3v) is 5.63. The number of aliphatic imine (C=N–C) groups is 1. The fraction of sp³-hybridized carbons (Fsp3) is 0.667. The lowest BCUT2D eigenvalue weighted by Gasteiger charge is -2.37. The number of likely N-dealkylation sites (N-methyl/N-ethyl adjacent to an activating group) is 1. The zero-order valence-electron chi connectivity index (χ0n) is 17.8. The minimum absolute atomic E-state index is 0.450. The Labute approximate surface area is 175 Å². The lowest BCUT2D eigenvalue weighted by atomic mass is 10.1. The van der Waals surface area contributed by atoms with Crippen molar-refractivity contribution in [3.05, 3.63) is 28.8 Å². The first-order valence-electron chi connectivity index (χ1n) is 10.4. The molecule has 1 saturated heterocycles. The Bertz CT molecular complexity index is 617. The molecule has 1 heterocycles. The number of halogens is 1. The molecule has 1 aliphatic rings. The molecule has 0 aliphatic carbocycles. The van der Waals surface area contributed by atoms with E-state index in [1.54, 1.807) is 7.11 Å². The lowest BCUT2D eigenvalue weighted by Crippen LogP contribution is -2.50. The van der Waals surface area contributed by atoms with E-state index < -0.39 is 0 Å². The molecule has 1 aromatic carbocycles. The normalized spacial score (nSPS) is 17.4. The molecule has 158 valence electrons. The van der Waals surface area contributed by atoms with Crippen LogP contribution in [0.15, 0.2) is 23.2 Å². The van der Waals surface area contributed by atoms with Gasteiger partial charge in [-0.1, -0.05) is 24.6 Å². The standard InChI is InChI=1S/C21H36ClN5O/c1-5-23-21(24-10-9-18-7-8-19(28-4)15-20(18)22)25-16-17(3)27-13-11-26(6-2)12-14-27/h7-8,15,17H,5-6,9-14,16H2,1-4H3,(H2,23,24,25). The molecule has 0 spiro atoms. The summed E-state index contributed by atoms with van der Waals surface area (Å²) in [6.07, 6.45) is 0.835. The predicted molar refractivity (Wildman–Crippen MR) is 119 cm³/mol. The van der Waals surface area contributed by atoms with Crippen molar-refractivity contribution in [2.45, 2.75) is 33.2 Å². The van der Waals surface area contributed by atoms with Crippen LogP contribution in [0.4, 0.5) is 0 Å². The van der Waals surface area contributed by atoms with Crippen molar-refractivity contribution in [1.29, 1.82) is 0 Å². The van der Waals surface area contributed by atoms with E-state index >= 15 is 0 Å². The topological polar surface area (TPSA) is 52.1 Å². The van der Waals surface area contributed by atoms with Crippen molar-refractivity contribution in [3.8, 4) is 5.75 Å². The van der Waals surface area contributed by atoms with Gasteiger partial charge in [-0.3, -0.25) is 9.89 Å². The number of nitrogens with zero attached hydrogens (tertiary/aromatic N) is 3. The van der Waals surface area contributed by atoms with Crippen LogP contribution in [0.1, 0.15) is 26.3 Å². The highest BCUT2D eigenvalue weighted by Crippen LogP contribution is 2.22. The number of piperazine rings is 1. The highest BCUT2D eigenvalue weighted by atomic mass is 35.5. The molecule has 1 aromatic rings. The second-order valence-electron chi connectivity index (χ2n) is 7.17. The summed E-state index contributed by atoms with van der Waals surface area (Å²) >= 11 is 6.33. The van der Waals surface area contributed by atoms with E-state index in [0.717, 1.165) is 81.1 Å². The molecule has 0 bridgehead atoms. The molecule has 0 saturated carbocycles. The van der Waals surface area contributed by atoms with E-state index in [-0.39, 0.29) is 0 Å². The average molecular weight is 410 g/mol. The number of nitrogens with one attached hydrogen (secondary N) is 2. The van der Waals surface area contributed by atoms with Gasteiger partial charge >= 0.3 is 0 Å². The maximum Gasteiger partial charge on any atom is 0.191 e. The molecular formula is C21H36ClN5O. The Morgan fingerprint density at radius 1 is 1.21 bits per heavy atom. The largest absolute Gasteiger partial charge is 0.497 e. The monoisotopic (exact) mass is 409 g/mol. The van der Waals surface area contributed by atoms with Crippen molar-refractivity contribution in [3.63, 3.8) is 0 Å². The van der Waals surface area contributed by atoms with Gasteiger partial charge in [-0.25, -0.2) is 0 Å². The second kappa shape index (κ2) is 12.1. The fourth-order valence-corrected chi connectivity index (χ4v) is 3.64. The van der Waals surface area contributed by atoms with Gasteiger partial charge in [-0.15, -0.1) is 0 Å². The second-order valence-corrected chi connectivity index (χ2v) is 7.58. The van der Waals surface area contributed by atoms with E-state index in [9.17, 15) is 0 Å². The number of hydrogen-bond donors (Lipinski definition) is 2. The van der Waals surface area contributed by atoms with Crippen LogP contribution in [-0.4, -0.2) is 81.3 Å². The van der Waals surface area contributed by atoms with Crippen LogP contribution in [0, 0.1) is 0 Å². The van der Waals surface area contributed by atoms with E-state index in [4.69, 9.17) is 21.3 Å². The molecule has 2 rings (SSSR count). The van der Waals surface area contributed by atoms with Crippen LogP contribution in [0.3, 0.4) is 0 Å². The van der Waals surface area contributed by atoms with Gasteiger partial charge in [-0.05, 0) is 44.5 Å². The summed E-state index contributed by atoms with van der Waals surface area (Å²) in [6, 6.07) is 6.27. The van der Waals surface area contributed by atoms with Crippen molar-refractivity contribution in [1.82, 2.24) is 20.4 Å². The molecule has 1 atom stereocenters. The van der Waals surface area contributed by atoms with Gasteiger partial charge in [0.1, 0.15) is 5.75 Å². The Morgan fingerprint density at radius 3 is 2.57 bits per heavy atom. The van der Waals surface area contributed by atoms with Gasteiger partial charge in [0.2, 0.25) is 0 Å². The maximum atomic E-state index is 6.33. The molecule has 0 radical (unpaired) electrons. The molecule has 7 heteroatoms. The summed E-state index contributed by atoms with van der Waals surface area (Å²) in [5.74, 6) is 1.65. The molecule has 1 fully saturated rings. The van der Waals surface area contributed by atoms with Gasteiger partial charge < -0.3 is 20.3 Å².